The van der Waals surface area contributed by atoms with Gasteiger partial charge in [0, 0.05) is 49.8 Å². The average Bonchev–Trinajstić information content (AvgIpc) is 3.01. The van der Waals surface area contributed by atoms with Gasteiger partial charge in [0.15, 0.2) is 0 Å². The number of amides is 2. The summed E-state index contributed by atoms with van der Waals surface area (Å²) < 4.78 is 78.2. The van der Waals surface area contributed by atoms with Gasteiger partial charge in [-0.25, -0.2) is 8.42 Å². The fourth-order valence-electron chi connectivity index (χ4n) is 5.08. The molecule has 0 fully saturated rings. The molecule has 1 heterocycles. The van der Waals surface area contributed by atoms with Crippen molar-refractivity contribution in [1.29, 1.82) is 0 Å². The van der Waals surface area contributed by atoms with Crippen LogP contribution < -0.4 is 10.1 Å². The Morgan fingerprint density at radius 2 is 1.85 bits per heavy atom. The van der Waals surface area contributed by atoms with E-state index in [9.17, 15) is 36.3 Å². The first-order valence-corrected chi connectivity index (χ1v) is 17.3. The Morgan fingerprint density at radius 1 is 1.17 bits per heavy atom. The minimum atomic E-state index is -4.50. The lowest BCUT2D eigenvalue weighted by Crippen LogP contribution is -2.48. The van der Waals surface area contributed by atoms with Crippen LogP contribution in [0, 0.1) is 5.92 Å². The number of hydrogen-bond acceptors (Lipinski definition) is 7. The van der Waals surface area contributed by atoms with Crippen molar-refractivity contribution < 1.29 is 45.8 Å². The van der Waals surface area contributed by atoms with Crippen LogP contribution in [0.5, 0.6) is 5.75 Å². The first-order chi connectivity index (χ1) is 22.0. The predicted molar refractivity (Wildman–Crippen MR) is 172 cm³/mol. The Bertz CT molecular complexity index is 1460. The number of carbonyl (C=O) groups excluding carboxylic acids is 2. The number of ether oxygens (including phenoxy) is 2. The van der Waals surface area contributed by atoms with Gasteiger partial charge in [0.25, 0.3) is 5.91 Å². The van der Waals surface area contributed by atoms with Crippen molar-refractivity contribution in [2.75, 3.05) is 38.7 Å². The minimum Gasteiger partial charge on any atom is -0.490 e. The predicted octanol–water partition coefficient (Wildman–Crippen LogP) is 5.74. The zero-order chi connectivity index (χ0) is 34.9. The van der Waals surface area contributed by atoms with E-state index in [2.05, 4.69) is 5.32 Å². The number of halogens is 4. The molecule has 0 spiro atoms. The highest BCUT2D eigenvalue weighted by Gasteiger charge is 2.33. The van der Waals surface area contributed by atoms with E-state index in [-0.39, 0.29) is 41.1 Å². The van der Waals surface area contributed by atoms with Crippen LogP contribution in [-0.2, 0) is 19.6 Å². The lowest BCUT2D eigenvalue weighted by molar-refractivity contribution is -0.142. The summed E-state index contributed by atoms with van der Waals surface area (Å²) in [6.45, 7) is 5.28. The summed E-state index contributed by atoms with van der Waals surface area (Å²) in [7, 11) is -2.45. The molecule has 15 heteroatoms. The Labute approximate surface area is 279 Å². The third kappa shape index (κ3) is 11.3. The van der Waals surface area contributed by atoms with Gasteiger partial charge in [-0.1, -0.05) is 18.5 Å². The number of nitrogens with zero attached hydrogens (tertiary/aromatic N) is 2. The third-order valence-electron chi connectivity index (χ3n) is 7.93. The number of hydrogen-bond donors (Lipinski definition) is 2. The molecule has 47 heavy (non-hydrogen) atoms. The fourth-order valence-corrected chi connectivity index (χ4v) is 6.39. The first kappa shape index (κ1) is 38.5. The summed E-state index contributed by atoms with van der Waals surface area (Å²) in [6.07, 6.45) is -5.55. The number of likely N-dealkylation sites (N-methyl/N-ethyl adjacent to an activating group) is 1. The van der Waals surface area contributed by atoms with E-state index in [4.69, 9.17) is 21.1 Å². The number of alkyl halides is 3. The van der Waals surface area contributed by atoms with Gasteiger partial charge in [-0.05, 0) is 75.6 Å². The molecule has 2 aromatic rings. The summed E-state index contributed by atoms with van der Waals surface area (Å²) in [5.74, 6) is -1.62. The third-order valence-corrected chi connectivity index (χ3v) is 10.0. The Morgan fingerprint density at radius 3 is 2.49 bits per heavy atom. The fraction of sp³-hybridized carbons (Fsp3) is 0.562. The van der Waals surface area contributed by atoms with Crippen LogP contribution >= 0.6 is 11.6 Å². The van der Waals surface area contributed by atoms with E-state index < -0.39 is 65.5 Å². The molecule has 2 amide bonds. The van der Waals surface area contributed by atoms with Gasteiger partial charge in [0.2, 0.25) is 15.9 Å². The van der Waals surface area contributed by atoms with Crippen LogP contribution in [0.2, 0.25) is 5.02 Å². The zero-order valence-corrected chi connectivity index (χ0v) is 28.5. The molecule has 262 valence electrons. The molecule has 0 radical (unpaired) electrons. The highest BCUT2D eigenvalue weighted by atomic mass is 35.5. The lowest BCUT2D eigenvalue weighted by atomic mass is 10.0. The van der Waals surface area contributed by atoms with Gasteiger partial charge in [0.1, 0.15) is 5.75 Å². The molecule has 4 atom stereocenters. The van der Waals surface area contributed by atoms with E-state index in [1.165, 1.54) is 58.7 Å². The smallest absolute Gasteiger partial charge is 0.389 e. The Hall–Kier alpha value is -2.91. The maximum atomic E-state index is 14.2. The van der Waals surface area contributed by atoms with Crippen LogP contribution in [0.3, 0.4) is 0 Å². The maximum absolute atomic E-state index is 14.2. The molecule has 2 aromatic carbocycles. The Balaban J connectivity index is 1.94. The number of fused-ring (bicyclic) bond motifs is 1. The molecular weight excluding hydrogens is 663 g/mol. The normalized spacial score (nSPS) is 21.0. The number of sulfonamides is 1. The standard InChI is InChI=1S/C32H43ClF3N3O7S/c1-21-18-39(22(2)20-40)31(42)27-17-25(37-30(41)14-15-32(34,35)36)10-13-28(27)46-23(3)7-5-6-16-45-29(21)19-38(4)47(43,44)26-11-8-24(33)9-12-26/h8-13,17,21-23,29,40H,5-7,14-16,18-20H2,1-4H3,(H,37,41)/t21-,22-,23-,29+/m0/s1. The summed E-state index contributed by atoms with van der Waals surface area (Å²) in [6, 6.07) is 9.43. The highest BCUT2D eigenvalue weighted by Crippen LogP contribution is 2.29. The molecule has 2 N–H and O–H groups in total. The number of carbonyl (C=O) groups is 2. The van der Waals surface area contributed by atoms with Crippen molar-refractivity contribution >= 4 is 39.1 Å². The van der Waals surface area contributed by atoms with Crippen LogP contribution in [0.15, 0.2) is 47.4 Å². The topological polar surface area (TPSA) is 125 Å². The maximum Gasteiger partial charge on any atom is 0.389 e. The number of rotatable bonds is 9. The van der Waals surface area contributed by atoms with E-state index in [1.807, 2.05) is 13.8 Å². The molecule has 0 aliphatic carbocycles. The van der Waals surface area contributed by atoms with Crippen molar-refractivity contribution in [2.24, 2.45) is 5.92 Å². The molecule has 1 aliphatic rings. The summed E-state index contributed by atoms with van der Waals surface area (Å²) in [4.78, 5) is 27.9. The van der Waals surface area contributed by atoms with Crippen LogP contribution in [0.4, 0.5) is 18.9 Å². The summed E-state index contributed by atoms with van der Waals surface area (Å²) in [5, 5.41) is 12.9. The number of aliphatic hydroxyl groups excluding tert-OH is 1. The van der Waals surface area contributed by atoms with Gasteiger partial charge in [-0.2, -0.15) is 17.5 Å². The number of benzene rings is 2. The van der Waals surface area contributed by atoms with Crippen LogP contribution in [-0.4, -0.2) is 92.3 Å². The van der Waals surface area contributed by atoms with Crippen molar-refractivity contribution in [3.8, 4) is 5.75 Å². The molecule has 3 rings (SSSR count). The minimum absolute atomic E-state index is 0.0220. The van der Waals surface area contributed by atoms with E-state index in [1.54, 1.807) is 6.92 Å². The van der Waals surface area contributed by atoms with E-state index in [0.717, 1.165) is 0 Å². The van der Waals surface area contributed by atoms with Gasteiger partial charge in [-0.15, -0.1) is 0 Å². The Kier molecular flexibility index (Phi) is 13.9. The van der Waals surface area contributed by atoms with E-state index >= 15 is 0 Å². The average molecular weight is 706 g/mol. The molecular formula is C32H43ClF3N3O7S. The molecule has 0 bridgehead atoms. The lowest BCUT2D eigenvalue weighted by Gasteiger charge is -2.35. The van der Waals surface area contributed by atoms with E-state index in [0.29, 0.717) is 30.9 Å². The monoisotopic (exact) mass is 705 g/mol. The molecule has 0 saturated carbocycles. The highest BCUT2D eigenvalue weighted by molar-refractivity contribution is 7.89. The van der Waals surface area contributed by atoms with Crippen LogP contribution in [0.25, 0.3) is 0 Å². The van der Waals surface area contributed by atoms with Crippen molar-refractivity contribution in [3.63, 3.8) is 0 Å². The van der Waals surface area contributed by atoms with Crippen molar-refractivity contribution in [2.45, 2.75) is 82.2 Å². The van der Waals surface area contributed by atoms with Gasteiger partial charge in [-0.3, -0.25) is 9.59 Å². The molecule has 10 nitrogen and oxygen atoms in total. The van der Waals surface area contributed by atoms with Crippen molar-refractivity contribution in [3.05, 3.63) is 53.1 Å². The number of aliphatic hydroxyl groups is 1. The quantitative estimate of drug-likeness (QED) is 0.341. The largest absolute Gasteiger partial charge is 0.490 e. The number of anilines is 1. The zero-order valence-electron chi connectivity index (χ0n) is 26.9. The second kappa shape index (κ2) is 17.0. The van der Waals surface area contributed by atoms with Crippen molar-refractivity contribution in [1.82, 2.24) is 9.21 Å². The first-order valence-electron chi connectivity index (χ1n) is 15.4. The van der Waals surface area contributed by atoms with Gasteiger partial charge < -0.3 is 24.8 Å². The molecule has 0 aromatic heterocycles. The second-order valence-electron chi connectivity index (χ2n) is 11.9. The number of nitrogens with one attached hydrogen (secondary N) is 1. The summed E-state index contributed by atoms with van der Waals surface area (Å²) in [5.41, 5.74) is 0.163. The molecule has 1 aliphatic heterocycles. The van der Waals surface area contributed by atoms with Crippen LogP contribution in [0.1, 0.15) is 63.2 Å². The summed E-state index contributed by atoms with van der Waals surface area (Å²) >= 11 is 5.94. The second-order valence-corrected chi connectivity index (χ2v) is 14.4. The van der Waals surface area contributed by atoms with Gasteiger partial charge >= 0.3 is 6.18 Å². The SMILES string of the molecule is C[C@H]1CCCCO[C@H](CN(C)S(=O)(=O)c2ccc(Cl)cc2)[C@@H](C)CN([C@@H](C)CO)C(=O)c2cc(NC(=O)CCC(F)(F)F)ccc2O1. The molecule has 0 unspecified atom stereocenters. The molecule has 0 saturated heterocycles. The van der Waals surface area contributed by atoms with Gasteiger partial charge in [0.05, 0.1) is 41.7 Å².